The summed E-state index contributed by atoms with van der Waals surface area (Å²) in [6, 6.07) is 3.12. The summed E-state index contributed by atoms with van der Waals surface area (Å²) in [5.41, 5.74) is 0.548. The smallest absolute Gasteiger partial charge is 0.244 e. The van der Waals surface area contributed by atoms with Gasteiger partial charge in [-0.05, 0) is 36.7 Å². The van der Waals surface area contributed by atoms with Crippen LogP contribution in [0.3, 0.4) is 0 Å². The van der Waals surface area contributed by atoms with E-state index in [4.69, 9.17) is 12.2 Å². The van der Waals surface area contributed by atoms with E-state index in [0.29, 0.717) is 42.5 Å². The number of rotatable bonds is 9. The molecule has 0 aliphatic carbocycles. The maximum absolute atomic E-state index is 12.9. The third-order valence-electron chi connectivity index (χ3n) is 5.53. The van der Waals surface area contributed by atoms with Gasteiger partial charge in [0.15, 0.2) is 15.5 Å². The van der Waals surface area contributed by atoms with E-state index < -0.39 is 19.9 Å². The van der Waals surface area contributed by atoms with Gasteiger partial charge in [0.1, 0.15) is 0 Å². The predicted octanol–water partition coefficient (Wildman–Crippen LogP) is 2.00. The van der Waals surface area contributed by atoms with Crippen molar-refractivity contribution in [2.24, 2.45) is 5.92 Å². The van der Waals surface area contributed by atoms with Gasteiger partial charge in [-0.25, -0.2) is 21.5 Å². The van der Waals surface area contributed by atoms with Crippen LogP contribution in [0.1, 0.15) is 34.1 Å². The fourth-order valence-electron chi connectivity index (χ4n) is 3.98. The average Bonchev–Trinajstić information content (AvgIpc) is 3.20. The molecule has 1 atom stereocenters. The largest absolute Gasteiger partial charge is 0.280 e. The molecule has 0 radical (unpaired) electrons. The Hall–Kier alpha value is -1.34. The van der Waals surface area contributed by atoms with Crippen LogP contribution in [0.25, 0.3) is 5.65 Å². The van der Waals surface area contributed by atoms with E-state index in [2.05, 4.69) is 23.8 Å². The summed E-state index contributed by atoms with van der Waals surface area (Å²) in [4.78, 5) is 2.28. The van der Waals surface area contributed by atoms with Gasteiger partial charge in [0.2, 0.25) is 14.8 Å². The van der Waals surface area contributed by atoms with Crippen molar-refractivity contribution < 1.29 is 16.8 Å². The minimum absolute atomic E-state index is 0.0716. The van der Waals surface area contributed by atoms with E-state index in [1.54, 1.807) is 35.1 Å². The monoisotopic (exact) mass is 489 g/mol. The second-order valence-electron chi connectivity index (χ2n) is 8.33. The molecule has 2 aromatic rings. The number of pyridine rings is 1. The molecule has 1 unspecified atom stereocenters. The van der Waals surface area contributed by atoms with Crippen LogP contribution in [-0.2, 0) is 26.5 Å². The van der Waals surface area contributed by atoms with Gasteiger partial charge in [-0.2, -0.15) is 9.40 Å². The molecule has 1 saturated heterocycles. The quantitative estimate of drug-likeness (QED) is 0.497. The number of hydrogen-bond donors (Lipinski definition) is 0. The highest BCUT2D eigenvalue weighted by Gasteiger charge is 2.33. The van der Waals surface area contributed by atoms with E-state index in [0.717, 1.165) is 6.54 Å². The molecule has 3 rings (SSSR count). The maximum atomic E-state index is 12.9. The van der Waals surface area contributed by atoms with Crippen molar-refractivity contribution >= 4 is 37.7 Å². The van der Waals surface area contributed by atoms with Crippen LogP contribution in [0.15, 0.2) is 23.2 Å². The van der Waals surface area contributed by atoms with Gasteiger partial charge in [-0.3, -0.25) is 9.30 Å². The van der Waals surface area contributed by atoms with E-state index in [1.807, 2.05) is 0 Å². The molecule has 31 heavy (non-hydrogen) atoms. The Labute approximate surface area is 189 Å². The Bertz CT molecular complexity index is 1200. The number of fused-ring (bicyclic) bond motifs is 1. The summed E-state index contributed by atoms with van der Waals surface area (Å²) in [6.45, 7) is 9.62. The highest BCUT2D eigenvalue weighted by molar-refractivity contribution is 7.91. The van der Waals surface area contributed by atoms with Crippen molar-refractivity contribution in [2.45, 2.75) is 51.7 Å². The van der Waals surface area contributed by atoms with Gasteiger partial charge in [-0.15, -0.1) is 0 Å². The van der Waals surface area contributed by atoms with E-state index in [9.17, 15) is 16.8 Å². The van der Waals surface area contributed by atoms with E-state index >= 15 is 0 Å². The number of sulfonamides is 1. The van der Waals surface area contributed by atoms with Crippen molar-refractivity contribution in [2.75, 3.05) is 31.1 Å². The lowest BCUT2D eigenvalue weighted by atomic mass is 10.1. The predicted molar refractivity (Wildman–Crippen MR) is 123 cm³/mol. The Kier molecular flexibility index (Phi) is 7.26. The third-order valence-corrected chi connectivity index (χ3v) is 9.72. The normalized spacial score (nSPS) is 19.3. The van der Waals surface area contributed by atoms with Crippen molar-refractivity contribution in [3.8, 4) is 0 Å². The first-order valence-electron chi connectivity index (χ1n) is 10.5. The molecule has 12 heteroatoms. The third kappa shape index (κ3) is 5.19. The van der Waals surface area contributed by atoms with Crippen molar-refractivity contribution in [3.05, 3.63) is 23.1 Å². The number of hydrogen-bond acceptors (Lipinski definition) is 7. The molecule has 0 aromatic carbocycles. The standard InChI is InChI=1S/C19H31N5O4S3/c1-5-22(6-2)31(27,28)17-7-8-18-20-24(19(29)23(18)12-17)14-21(11-15(3)4)16-9-10-30(25,26)13-16/h7-8,12,15-16H,5-6,9-11,13-14H2,1-4H3. The molecule has 2 aromatic heterocycles. The highest BCUT2D eigenvalue weighted by Crippen LogP contribution is 2.21. The fraction of sp³-hybridized carbons (Fsp3) is 0.684. The summed E-state index contributed by atoms with van der Waals surface area (Å²) in [6.07, 6.45) is 2.11. The summed E-state index contributed by atoms with van der Waals surface area (Å²) >= 11 is 5.59. The molecule has 3 heterocycles. The van der Waals surface area contributed by atoms with Crippen molar-refractivity contribution in [1.29, 1.82) is 0 Å². The summed E-state index contributed by atoms with van der Waals surface area (Å²) < 4.78 is 54.8. The van der Waals surface area contributed by atoms with Gasteiger partial charge >= 0.3 is 0 Å². The van der Waals surface area contributed by atoms with Crippen LogP contribution in [0.5, 0.6) is 0 Å². The van der Waals surface area contributed by atoms with E-state index in [-0.39, 0.29) is 22.4 Å². The van der Waals surface area contributed by atoms with Gasteiger partial charge < -0.3 is 0 Å². The van der Waals surface area contributed by atoms with Crippen LogP contribution < -0.4 is 0 Å². The topological polar surface area (TPSA) is 97.0 Å². The Morgan fingerprint density at radius 2 is 1.94 bits per heavy atom. The second-order valence-corrected chi connectivity index (χ2v) is 12.9. The van der Waals surface area contributed by atoms with Gasteiger partial charge in [0.05, 0.1) is 23.1 Å². The Morgan fingerprint density at radius 1 is 1.26 bits per heavy atom. The Morgan fingerprint density at radius 3 is 2.48 bits per heavy atom. The average molecular weight is 490 g/mol. The minimum Gasteiger partial charge on any atom is -0.280 e. The summed E-state index contributed by atoms with van der Waals surface area (Å²) in [7, 11) is -6.63. The number of aromatic nitrogens is 3. The summed E-state index contributed by atoms with van der Waals surface area (Å²) in [5.74, 6) is 0.697. The van der Waals surface area contributed by atoms with Crippen LogP contribution in [0.2, 0.25) is 0 Å². The first-order chi connectivity index (χ1) is 14.5. The van der Waals surface area contributed by atoms with Gasteiger partial charge in [0, 0.05) is 31.9 Å². The lowest BCUT2D eigenvalue weighted by Crippen LogP contribution is -2.40. The highest BCUT2D eigenvalue weighted by atomic mass is 32.2. The van der Waals surface area contributed by atoms with Gasteiger partial charge in [-0.1, -0.05) is 27.7 Å². The van der Waals surface area contributed by atoms with E-state index in [1.165, 1.54) is 10.5 Å². The molecule has 0 spiro atoms. The lowest BCUT2D eigenvalue weighted by Gasteiger charge is -2.29. The van der Waals surface area contributed by atoms with Crippen LogP contribution in [0, 0.1) is 10.7 Å². The lowest BCUT2D eigenvalue weighted by molar-refractivity contribution is 0.137. The molecule has 0 amide bonds. The number of sulfone groups is 1. The van der Waals surface area contributed by atoms with Crippen LogP contribution >= 0.6 is 12.2 Å². The summed E-state index contributed by atoms with van der Waals surface area (Å²) in [5, 5.41) is 4.55. The zero-order valence-corrected chi connectivity index (χ0v) is 20.9. The SMILES string of the molecule is CCN(CC)S(=O)(=O)c1ccc2nn(CN(CC(C)C)C3CCS(=O)(=O)C3)c(=S)n2c1. The fourth-order valence-corrected chi connectivity index (χ4v) is 7.45. The molecule has 1 fully saturated rings. The second kappa shape index (κ2) is 9.26. The molecule has 0 N–H and O–H groups in total. The first kappa shape index (κ1) is 24.3. The molecule has 0 saturated carbocycles. The molecular formula is C19H31N5O4S3. The van der Waals surface area contributed by atoms with Crippen molar-refractivity contribution in [3.63, 3.8) is 0 Å². The molecule has 1 aliphatic rings. The zero-order valence-electron chi connectivity index (χ0n) is 18.4. The van der Waals surface area contributed by atoms with Gasteiger partial charge in [0.25, 0.3) is 0 Å². The molecule has 0 bridgehead atoms. The van der Waals surface area contributed by atoms with Crippen LogP contribution in [0.4, 0.5) is 0 Å². The molecule has 9 nitrogen and oxygen atoms in total. The minimum atomic E-state index is -3.61. The van der Waals surface area contributed by atoms with Crippen LogP contribution in [-0.4, -0.2) is 77.4 Å². The first-order valence-corrected chi connectivity index (χ1v) is 14.2. The Balaban J connectivity index is 1.95. The number of nitrogens with zero attached hydrogens (tertiary/aromatic N) is 5. The van der Waals surface area contributed by atoms with Crippen molar-refractivity contribution in [1.82, 2.24) is 23.4 Å². The molecular weight excluding hydrogens is 458 g/mol. The maximum Gasteiger partial charge on any atom is 0.244 e. The molecule has 174 valence electrons. The zero-order chi connectivity index (χ0) is 23.0. The molecule has 1 aliphatic heterocycles.